The van der Waals surface area contributed by atoms with E-state index in [4.69, 9.17) is 0 Å². The number of aryl methyl sites for hydroxylation is 1. The van der Waals surface area contributed by atoms with Gasteiger partial charge in [0.25, 0.3) is 15.9 Å². The highest BCUT2D eigenvalue weighted by atomic mass is 32.2. The molecule has 144 valence electrons. The molecule has 5 nitrogen and oxygen atoms in total. The Morgan fingerprint density at radius 2 is 1.50 bits per heavy atom. The van der Waals surface area contributed by atoms with Gasteiger partial charge in [-0.15, -0.1) is 0 Å². The monoisotopic (exact) mass is 398 g/mol. The molecular weight excluding hydrogens is 379 g/mol. The second-order valence-electron chi connectivity index (χ2n) is 6.31. The van der Waals surface area contributed by atoms with Gasteiger partial charge in [0.15, 0.2) is 0 Å². The minimum atomic E-state index is -3.75. The summed E-state index contributed by atoms with van der Waals surface area (Å²) in [6.45, 7) is 2.16. The van der Waals surface area contributed by atoms with Crippen molar-refractivity contribution in [2.75, 3.05) is 4.72 Å². The van der Waals surface area contributed by atoms with E-state index in [0.717, 1.165) is 11.1 Å². The molecule has 3 rings (SSSR count). The van der Waals surface area contributed by atoms with Gasteiger partial charge in [-0.2, -0.15) is 0 Å². The first kappa shape index (κ1) is 19.6. The summed E-state index contributed by atoms with van der Waals surface area (Å²) in [5.74, 6) is -0.689. The van der Waals surface area contributed by atoms with Crippen LogP contribution in [-0.2, 0) is 16.6 Å². The van der Waals surface area contributed by atoms with Gasteiger partial charge in [0.05, 0.1) is 4.90 Å². The van der Waals surface area contributed by atoms with Crippen molar-refractivity contribution in [3.05, 3.63) is 95.3 Å². The smallest absolute Gasteiger partial charge is 0.261 e. The van der Waals surface area contributed by atoms with Crippen LogP contribution in [0.1, 0.15) is 21.5 Å². The Kier molecular flexibility index (Phi) is 5.75. The fraction of sp³-hybridized carbons (Fsp3) is 0.0952. The lowest BCUT2D eigenvalue weighted by molar-refractivity contribution is 0.0951. The average Bonchev–Trinajstić information content (AvgIpc) is 2.69. The summed E-state index contributed by atoms with van der Waals surface area (Å²) in [6.07, 6.45) is 0. The molecule has 0 aliphatic carbocycles. The molecule has 0 atom stereocenters. The van der Waals surface area contributed by atoms with Gasteiger partial charge in [-0.3, -0.25) is 9.52 Å². The summed E-state index contributed by atoms with van der Waals surface area (Å²) >= 11 is 0. The molecule has 3 aromatic rings. The van der Waals surface area contributed by atoms with E-state index < -0.39 is 10.0 Å². The molecule has 0 aliphatic rings. The molecule has 0 radical (unpaired) electrons. The molecule has 0 saturated heterocycles. The molecule has 3 aromatic carbocycles. The molecule has 1 amide bonds. The van der Waals surface area contributed by atoms with Crippen LogP contribution in [0.15, 0.2) is 77.7 Å². The molecular formula is C21H19FN2O3S. The summed E-state index contributed by atoms with van der Waals surface area (Å²) < 4.78 is 40.3. The number of nitrogens with one attached hydrogen (secondary N) is 2. The zero-order valence-electron chi connectivity index (χ0n) is 15.1. The predicted molar refractivity (Wildman–Crippen MR) is 106 cm³/mol. The second kappa shape index (κ2) is 8.22. The molecule has 0 heterocycles. The molecule has 28 heavy (non-hydrogen) atoms. The van der Waals surface area contributed by atoms with Crippen molar-refractivity contribution in [3.63, 3.8) is 0 Å². The fourth-order valence-corrected chi connectivity index (χ4v) is 3.57. The quantitative estimate of drug-likeness (QED) is 0.662. The van der Waals surface area contributed by atoms with Crippen LogP contribution in [0.3, 0.4) is 0 Å². The highest BCUT2D eigenvalue weighted by Crippen LogP contribution is 2.17. The number of amides is 1. The number of hydrogen-bond donors (Lipinski definition) is 2. The zero-order chi connectivity index (χ0) is 20.1. The van der Waals surface area contributed by atoms with Crippen molar-refractivity contribution in [2.45, 2.75) is 18.4 Å². The van der Waals surface area contributed by atoms with Crippen LogP contribution in [0.5, 0.6) is 0 Å². The van der Waals surface area contributed by atoms with Crippen LogP contribution in [0.2, 0.25) is 0 Å². The number of carbonyl (C=O) groups is 1. The highest BCUT2D eigenvalue weighted by Gasteiger charge is 2.15. The number of sulfonamides is 1. The molecule has 2 N–H and O–H groups in total. The maximum atomic E-state index is 12.9. The molecule has 0 bridgehead atoms. The van der Waals surface area contributed by atoms with Crippen LogP contribution in [0, 0.1) is 12.7 Å². The first-order chi connectivity index (χ1) is 13.3. The van der Waals surface area contributed by atoms with Crippen molar-refractivity contribution < 1.29 is 17.6 Å². The van der Waals surface area contributed by atoms with Crippen molar-refractivity contribution in [1.82, 2.24) is 5.32 Å². The van der Waals surface area contributed by atoms with E-state index in [9.17, 15) is 17.6 Å². The molecule has 0 aromatic heterocycles. The van der Waals surface area contributed by atoms with Crippen LogP contribution in [-0.4, -0.2) is 14.3 Å². The lowest BCUT2D eigenvalue weighted by Gasteiger charge is -2.09. The van der Waals surface area contributed by atoms with E-state index in [1.165, 1.54) is 36.4 Å². The van der Waals surface area contributed by atoms with Crippen molar-refractivity contribution in [1.29, 1.82) is 0 Å². The second-order valence-corrected chi connectivity index (χ2v) is 7.99. The Morgan fingerprint density at radius 1 is 0.893 bits per heavy atom. The Labute approximate surface area is 163 Å². The Bertz CT molecular complexity index is 1060. The van der Waals surface area contributed by atoms with E-state index in [1.807, 2.05) is 19.1 Å². The van der Waals surface area contributed by atoms with E-state index >= 15 is 0 Å². The van der Waals surface area contributed by atoms with Gasteiger partial charge >= 0.3 is 0 Å². The Morgan fingerprint density at radius 3 is 2.11 bits per heavy atom. The van der Waals surface area contributed by atoms with Crippen LogP contribution in [0.4, 0.5) is 10.1 Å². The zero-order valence-corrected chi connectivity index (χ0v) is 16.0. The number of hydrogen-bond acceptors (Lipinski definition) is 3. The van der Waals surface area contributed by atoms with Gasteiger partial charge in [-0.05, 0) is 61.0 Å². The lowest BCUT2D eigenvalue weighted by Crippen LogP contribution is -2.23. The van der Waals surface area contributed by atoms with E-state index in [0.29, 0.717) is 11.3 Å². The van der Waals surface area contributed by atoms with Crippen LogP contribution < -0.4 is 10.0 Å². The molecule has 0 spiro atoms. The third-order valence-corrected chi connectivity index (χ3v) is 5.49. The van der Waals surface area contributed by atoms with E-state index in [2.05, 4.69) is 10.0 Å². The minimum absolute atomic E-state index is 0.0585. The number of halogens is 1. The van der Waals surface area contributed by atoms with Gasteiger partial charge in [0.2, 0.25) is 0 Å². The van der Waals surface area contributed by atoms with Crippen molar-refractivity contribution in [3.8, 4) is 0 Å². The average molecular weight is 398 g/mol. The standard InChI is InChI=1S/C21H19FN2O3S/c1-15-2-10-19(11-3-15)24-28(26,27)20-12-6-17(7-13-20)21(25)23-14-16-4-8-18(22)9-5-16/h2-13,24H,14H2,1H3,(H,23,25). The summed E-state index contributed by atoms with van der Waals surface area (Å²) in [6, 6.07) is 18.5. The van der Waals surface area contributed by atoms with Gasteiger partial charge in [-0.25, -0.2) is 12.8 Å². The minimum Gasteiger partial charge on any atom is -0.348 e. The third kappa shape index (κ3) is 4.95. The number of benzene rings is 3. The largest absolute Gasteiger partial charge is 0.348 e. The first-order valence-corrected chi connectivity index (χ1v) is 10.0. The molecule has 0 unspecified atom stereocenters. The van der Waals surface area contributed by atoms with Crippen molar-refractivity contribution >= 4 is 21.6 Å². The number of anilines is 1. The Hall–Kier alpha value is -3.19. The maximum absolute atomic E-state index is 12.9. The summed E-state index contributed by atoms with van der Waals surface area (Å²) in [5, 5.41) is 2.71. The van der Waals surface area contributed by atoms with Gasteiger partial charge in [0, 0.05) is 17.8 Å². The van der Waals surface area contributed by atoms with Crippen LogP contribution >= 0.6 is 0 Å². The van der Waals surface area contributed by atoms with Gasteiger partial charge in [-0.1, -0.05) is 29.8 Å². The predicted octanol–water partition coefficient (Wildman–Crippen LogP) is 3.86. The van der Waals surface area contributed by atoms with Crippen LogP contribution in [0.25, 0.3) is 0 Å². The van der Waals surface area contributed by atoms with Gasteiger partial charge in [0.1, 0.15) is 5.82 Å². The highest BCUT2D eigenvalue weighted by molar-refractivity contribution is 7.92. The molecule has 0 aliphatic heterocycles. The SMILES string of the molecule is Cc1ccc(NS(=O)(=O)c2ccc(C(=O)NCc3ccc(F)cc3)cc2)cc1. The first-order valence-electron chi connectivity index (χ1n) is 8.56. The molecule has 0 saturated carbocycles. The summed E-state index contributed by atoms with van der Waals surface area (Å²) in [5.41, 5.74) is 2.58. The van der Waals surface area contributed by atoms with E-state index in [-0.39, 0.29) is 23.2 Å². The third-order valence-electron chi connectivity index (χ3n) is 4.10. The Balaban J connectivity index is 1.65. The summed E-state index contributed by atoms with van der Waals surface area (Å²) in [4.78, 5) is 12.3. The fourth-order valence-electron chi connectivity index (χ4n) is 2.51. The number of rotatable bonds is 6. The molecule has 7 heteroatoms. The molecule has 0 fully saturated rings. The topological polar surface area (TPSA) is 75.3 Å². The maximum Gasteiger partial charge on any atom is 0.261 e. The van der Waals surface area contributed by atoms with E-state index in [1.54, 1.807) is 24.3 Å². The van der Waals surface area contributed by atoms with Crippen molar-refractivity contribution in [2.24, 2.45) is 0 Å². The number of carbonyl (C=O) groups excluding carboxylic acids is 1. The lowest BCUT2D eigenvalue weighted by atomic mass is 10.2. The summed E-state index contributed by atoms with van der Waals surface area (Å²) in [7, 11) is -3.75. The van der Waals surface area contributed by atoms with Gasteiger partial charge < -0.3 is 5.32 Å². The normalized spacial score (nSPS) is 11.1.